The predicted molar refractivity (Wildman–Crippen MR) is 71.8 cm³/mol. The Hall–Kier alpha value is -0.203. The minimum Gasteiger partial charge on any atom is -0.414 e. The van der Waals surface area contributed by atoms with Crippen LogP contribution in [-0.2, 0) is 13.9 Å². The van der Waals surface area contributed by atoms with E-state index in [1.54, 1.807) is 12.2 Å². The van der Waals surface area contributed by atoms with E-state index in [-0.39, 0.29) is 23.5 Å². The molecular formula is C13H24O4Si. The zero-order valence-electron chi connectivity index (χ0n) is 11.8. The Morgan fingerprint density at radius 2 is 1.89 bits per heavy atom. The maximum absolute atomic E-state index is 9.82. The molecule has 104 valence electrons. The molecule has 0 aromatic heterocycles. The molecule has 1 fully saturated rings. The Balaban J connectivity index is 1.93. The third-order valence-electron chi connectivity index (χ3n) is 4.18. The summed E-state index contributed by atoms with van der Waals surface area (Å²) in [7, 11) is -1.78. The van der Waals surface area contributed by atoms with E-state index in [9.17, 15) is 5.11 Å². The van der Waals surface area contributed by atoms with Gasteiger partial charge in [-0.2, -0.15) is 0 Å². The molecule has 0 saturated carbocycles. The molecule has 2 rings (SSSR count). The Bertz CT molecular complexity index is 334. The summed E-state index contributed by atoms with van der Waals surface area (Å²) in [5.74, 6) is 0. The zero-order valence-corrected chi connectivity index (χ0v) is 12.8. The summed E-state index contributed by atoms with van der Waals surface area (Å²) in [6, 6.07) is 0. The largest absolute Gasteiger partial charge is 0.414 e. The lowest BCUT2D eigenvalue weighted by Gasteiger charge is -2.37. The molecule has 0 radical (unpaired) electrons. The second kappa shape index (κ2) is 4.72. The van der Waals surface area contributed by atoms with Crippen LogP contribution in [0.4, 0.5) is 0 Å². The van der Waals surface area contributed by atoms with Crippen LogP contribution in [0.2, 0.25) is 18.1 Å². The Labute approximate surface area is 110 Å². The highest BCUT2D eigenvalue weighted by Crippen LogP contribution is 2.37. The summed E-state index contributed by atoms with van der Waals surface area (Å²) >= 11 is 0. The van der Waals surface area contributed by atoms with Crippen molar-refractivity contribution < 1.29 is 19.0 Å². The van der Waals surface area contributed by atoms with E-state index in [1.165, 1.54) is 0 Å². The second-order valence-corrected chi connectivity index (χ2v) is 11.4. The Morgan fingerprint density at radius 3 is 2.50 bits per heavy atom. The van der Waals surface area contributed by atoms with Gasteiger partial charge in [-0.25, -0.2) is 0 Å². The summed E-state index contributed by atoms with van der Waals surface area (Å²) in [5, 5.41) is 10.00. The standard InChI is InChI=1S/C13H24O4Si/c1-13(2,3)18(4,5)15-8-10-12-9(14)6-7-11(16-10)17-12/h6-7,9-12,14H,8H2,1-5H3/t9-,10+,11-,12+/m0/s1. The molecule has 2 aliphatic heterocycles. The summed E-state index contributed by atoms with van der Waals surface area (Å²) < 4.78 is 17.4. The average Bonchev–Trinajstić information content (AvgIpc) is 2.59. The maximum Gasteiger partial charge on any atom is 0.192 e. The lowest BCUT2D eigenvalue weighted by atomic mass is 10.1. The molecular weight excluding hydrogens is 248 g/mol. The van der Waals surface area contributed by atoms with Gasteiger partial charge in [-0.3, -0.25) is 0 Å². The monoisotopic (exact) mass is 272 g/mol. The smallest absolute Gasteiger partial charge is 0.192 e. The lowest BCUT2D eigenvalue weighted by Crippen LogP contribution is -2.45. The van der Waals surface area contributed by atoms with Crippen molar-refractivity contribution in [3.8, 4) is 0 Å². The van der Waals surface area contributed by atoms with Crippen molar-refractivity contribution in [3.05, 3.63) is 12.2 Å². The number of rotatable bonds is 3. The molecule has 0 amide bonds. The molecule has 0 aromatic rings. The van der Waals surface area contributed by atoms with Crippen LogP contribution in [0.3, 0.4) is 0 Å². The molecule has 2 bridgehead atoms. The minimum atomic E-state index is -1.78. The quantitative estimate of drug-likeness (QED) is 0.631. The SMILES string of the molecule is CC(C)(C)[Si](C)(C)OC[C@H]1O[C@@H]2C=C[C@H](O)[C@H]1O2. The van der Waals surface area contributed by atoms with Crippen molar-refractivity contribution in [1.82, 2.24) is 0 Å². The first-order valence-corrected chi connectivity index (χ1v) is 9.43. The average molecular weight is 272 g/mol. The fourth-order valence-electron chi connectivity index (χ4n) is 1.87. The van der Waals surface area contributed by atoms with Gasteiger partial charge < -0.3 is 19.0 Å². The normalized spacial score (nSPS) is 36.1. The van der Waals surface area contributed by atoms with Gasteiger partial charge in [0.05, 0.1) is 6.61 Å². The van der Waals surface area contributed by atoms with Gasteiger partial charge in [-0.05, 0) is 24.2 Å². The van der Waals surface area contributed by atoms with E-state index in [1.807, 2.05) is 0 Å². The van der Waals surface area contributed by atoms with Gasteiger partial charge in [0.1, 0.15) is 18.3 Å². The van der Waals surface area contributed by atoms with E-state index in [4.69, 9.17) is 13.9 Å². The fraction of sp³-hybridized carbons (Fsp3) is 0.846. The van der Waals surface area contributed by atoms with E-state index < -0.39 is 14.4 Å². The van der Waals surface area contributed by atoms with Gasteiger partial charge in [0.15, 0.2) is 14.6 Å². The zero-order chi connectivity index (χ0) is 13.6. The highest BCUT2D eigenvalue weighted by Gasteiger charge is 2.44. The molecule has 5 heteroatoms. The van der Waals surface area contributed by atoms with Gasteiger partial charge >= 0.3 is 0 Å². The molecule has 0 aromatic carbocycles. The number of hydrogen-bond donors (Lipinski definition) is 1. The number of aliphatic hydroxyl groups excluding tert-OH is 1. The Morgan fingerprint density at radius 1 is 1.22 bits per heavy atom. The van der Waals surface area contributed by atoms with Crippen molar-refractivity contribution in [3.63, 3.8) is 0 Å². The number of hydrogen-bond acceptors (Lipinski definition) is 4. The molecule has 1 N–H and O–H groups in total. The van der Waals surface area contributed by atoms with E-state index >= 15 is 0 Å². The summed E-state index contributed by atoms with van der Waals surface area (Å²) in [5.41, 5.74) is 0. The van der Waals surface area contributed by atoms with Crippen LogP contribution in [0, 0.1) is 0 Å². The minimum absolute atomic E-state index is 0.172. The van der Waals surface area contributed by atoms with Gasteiger partial charge in [0.25, 0.3) is 0 Å². The van der Waals surface area contributed by atoms with Crippen LogP contribution < -0.4 is 0 Å². The maximum atomic E-state index is 9.82. The molecule has 18 heavy (non-hydrogen) atoms. The lowest BCUT2D eigenvalue weighted by molar-refractivity contribution is -0.0547. The van der Waals surface area contributed by atoms with Crippen LogP contribution in [-0.4, -0.2) is 44.6 Å². The predicted octanol–water partition coefficient (Wildman–Crippen LogP) is 2.05. The number of ether oxygens (including phenoxy) is 2. The molecule has 0 unspecified atom stereocenters. The third-order valence-corrected chi connectivity index (χ3v) is 8.68. The van der Waals surface area contributed by atoms with Gasteiger partial charge in [0.2, 0.25) is 0 Å². The van der Waals surface area contributed by atoms with Crippen molar-refractivity contribution in [2.75, 3.05) is 6.61 Å². The highest BCUT2D eigenvalue weighted by atomic mass is 28.4. The Kier molecular flexibility index (Phi) is 3.73. The van der Waals surface area contributed by atoms with Gasteiger partial charge in [0, 0.05) is 0 Å². The second-order valence-electron chi connectivity index (χ2n) is 6.59. The molecule has 2 heterocycles. The van der Waals surface area contributed by atoms with Crippen LogP contribution >= 0.6 is 0 Å². The first-order chi connectivity index (χ1) is 8.21. The molecule has 0 spiro atoms. The summed E-state index contributed by atoms with van der Waals surface area (Å²) in [6.07, 6.45) is 2.14. The van der Waals surface area contributed by atoms with Gasteiger partial charge in [-0.15, -0.1) is 0 Å². The topological polar surface area (TPSA) is 47.9 Å². The van der Waals surface area contributed by atoms with Crippen molar-refractivity contribution >= 4 is 8.32 Å². The highest BCUT2D eigenvalue weighted by molar-refractivity contribution is 6.74. The fourth-order valence-corrected chi connectivity index (χ4v) is 2.88. The summed E-state index contributed by atoms with van der Waals surface area (Å²) in [4.78, 5) is 0. The first kappa shape index (κ1) is 14.2. The van der Waals surface area contributed by atoms with Crippen LogP contribution in [0.15, 0.2) is 12.2 Å². The van der Waals surface area contributed by atoms with Gasteiger partial charge in [-0.1, -0.05) is 26.8 Å². The molecule has 0 aliphatic carbocycles. The third kappa shape index (κ3) is 2.70. The van der Waals surface area contributed by atoms with Crippen LogP contribution in [0.25, 0.3) is 0 Å². The summed E-state index contributed by atoms with van der Waals surface area (Å²) in [6.45, 7) is 11.5. The molecule has 4 nitrogen and oxygen atoms in total. The van der Waals surface area contributed by atoms with Crippen molar-refractivity contribution in [2.24, 2.45) is 0 Å². The van der Waals surface area contributed by atoms with E-state index in [2.05, 4.69) is 33.9 Å². The van der Waals surface area contributed by atoms with E-state index in [0.717, 1.165) is 0 Å². The van der Waals surface area contributed by atoms with Crippen LogP contribution in [0.1, 0.15) is 20.8 Å². The molecule has 2 aliphatic rings. The van der Waals surface area contributed by atoms with Crippen molar-refractivity contribution in [1.29, 1.82) is 0 Å². The van der Waals surface area contributed by atoms with Crippen LogP contribution in [0.5, 0.6) is 0 Å². The number of aliphatic hydroxyl groups is 1. The van der Waals surface area contributed by atoms with Crippen molar-refractivity contribution in [2.45, 2.75) is 63.5 Å². The number of fused-ring (bicyclic) bond motifs is 2. The molecule has 1 saturated heterocycles. The molecule has 4 atom stereocenters. The first-order valence-electron chi connectivity index (χ1n) is 6.52. The van der Waals surface area contributed by atoms with E-state index in [0.29, 0.717) is 6.61 Å².